The summed E-state index contributed by atoms with van der Waals surface area (Å²) in [5.41, 5.74) is 2.33. The molecule has 2 heterocycles. The SMILES string of the molecule is CNCc1cc(Cn2ncc3ccccc32)c(C)o1. The molecule has 0 aliphatic rings. The van der Waals surface area contributed by atoms with Gasteiger partial charge in [0.05, 0.1) is 24.8 Å². The van der Waals surface area contributed by atoms with Crippen molar-refractivity contribution in [3.8, 4) is 0 Å². The second-order valence-electron chi connectivity index (χ2n) is 4.69. The quantitative estimate of drug-likeness (QED) is 0.779. The average Bonchev–Trinajstić information content (AvgIpc) is 2.96. The fourth-order valence-electron chi connectivity index (χ4n) is 2.32. The Labute approximate surface area is 112 Å². The molecule has 98 valence electrons. The molecule has 0 amide bonds. The topological polar surface area (TPSA) is 43.0 Å². The molecule has 3 aromatic rings. The van der Waals surface area contributed by atoms with Gasteiger partial charge in [-0.3, -0.25) is 4.68 Å². The third-order valence-corrected chi connectivity index (χ3v) is 3.29. The second-order valence-corrected chi connectivity index (χ2v) is 4.69. The Hall–Kier alpha value is -2.07. The third kappa shape index (κ3) is 2.27. The minimum absolute atomic E-state index is 0.743. The summed E-state index contributed by atoms with van der Waals surface area (Å²) in [6, 6.07) is 10.3. The van der Waals surface area contributed by atoms with Crippen LogP contribution in [0.25, 0.3) is 10.9 Å². The highest BCUT2D eigenvalue weighted by molar-refractivity contribution is 5.78. The van der Waals surface area contributed by atoms with Crippen LogP contribution >= 0.6 is 0 Å². The Kier molecular flexibility index (Phi) is 3.09. The fourth-order valence-corrected chi connectivity index (χ4v) is 2.32. The van der Waals surface area contributed by atoms with Gasteiger partial charge in [0, 0.05) is 10.9 Å². The maximum atomic E-state index is 5.71. The number of benzene rings is 1. The number of nitrogens with zero attached hydrogens (tertiary/aromatic N) is 2. The van der Waals surface area contributed by atoms with E-state index in [9.17, 15) is 0 Å². The molecule has 0 saturated carbocycles. The van der Waals surface area contributed by atoms with Crippen LogP contribution in [0.5, 0.6) is 0 Å². The maximum Gasteiger partial charge on any atom is 0.118 e. The summed E-state index contributed by atoms with van der Waals surface area (Å²) in [6.07, 6.45) is 1.90. The van der Waals surface area contributed by atoms with Crippen LogP contribution in [0.1, 0.15) is 17.1 Å². The number of furan rings is 1. The number of fused-ring (bicyclic) bond motifs is 1. The van der Waals surface area contributed by atoms with Crippen LogP contribution in [-0.2, 0) is 13.1 Å². The Balaban J connectivity index is 1.92. The third-order valence-electron chi connectivity index (χ3n) is 3.29. The van der Waals surface area contributed by atoms with Crippen molar-refractivity contribution in [2.45, 2.75) is 20.0 Å². The zero-order valence-corrected chi connectivity index (χ0v) is 11.2. The molecule has 0 saturated heterocycles. The van der Waals surface area contributed by atoms with Crippen molar-refractivity contribution in [3.63, 3.8) is 0 Å². The number of aromatic nitrogens is 2. The predicted octanol–water partition coefficient (Wildman–Crippen LogP) is 2.71. The van der Waals surface area contributed by atoms with Gasteiger partial charge in [0.15, 0.2) is 0 Å². The molecule has 0 unspecified atom stereocenters. The summed E-state index contributed by atoms with van der Waals surface area (Å²) in [5.74, 6) is 1.93. The Morgan fingerprint density at radius 2 is 2.16 bits per heavy atom. The minimum Gasteiger partial charge on any atom is -0.465 e. The van der Waals surface area contributed by atoms with E-state index < -0.39 is 0 Å². The van der Waals surface area contributed by atoms with Crippen LogP contribution in [0.15, 0.2) is 40.9 Å². The molecule has 4 heteroatoms. The average molecular weight is 255 g/mol. The lowest BCUT2D eigenvalue weighted by atomic mass is 10.2. The van der Waals surface area contributed by atoms with Gasteiger partial charge in [0.1, 0.15) is 11.5 Å². The first-order valence-electron chi connectivity index (χ1n) is 6.41. The van der Waals surface area contributed by atoms with Gasteiger partial charge < -0.3 is 9.73 Å². The monoisotopic (exact) mass is 255 g/mol. The van der Waals surface area contributed by atoms with Crippen LogP contribution in [0, 0.1) is 6.92 Å². The van der Waals surface area contributed by atoms with E-state index in [1.165, 1.54) is 10.9 Å². The van der Waals surface area contributed by atoms with E-state index in [0.717, 1.165) is 30.1 Å². The van der Waals surface area contributed by atoms with Crippen molar-refractivity contribution in [1.29, 1.82) is 0 Å². The second kappa shape index (κ2) is 4.90. The zero-order chi connectivity index (χ0) is 13.2. The number of hydrogen-bond donors (Lipinski definition) is 1. The molecule has 19 heavy (non-hydrogen) atoms. The molecular weight excluding hydrogens is 238 g/mol. The molecule has 0 spiro atoms. The highest BCUT2D eigenvalue weighted by atomic mass is 16.3. The molecule has 0 fully saturated rings. The lowest BCUT2D eigenvalue weighted by molar-refractivity contribution is 0.468. The molecule has 2 aromatic heterocycles. The normalized spacial score (nSPS) is 11.3. The first-order valence-corrected chi connectivity index (χ1v) is 6.41. The summed E-state index contributed by atoms with van der Waals surface area (Å²) in [4.78, 5) is 0. The number of para-hydroxylation sites is 1. The molecule has 4 nitrogen and oxygen atoms in total. The standard InChI is InChI=1S/C15H17N3O/c1-11-13(7-14(19-11)9-16-2)10-18-15-6-4-3-5-12(15)8-17-18/h3-8,16H,9-10H2,1-2H3. The van der Waals surface area contributed by atoms with E-state index in [2.05, 4.69) is 28.6 Å². The first-order chi connectivity index (χ1) is 9.28. The zero-order valence-electron chi connectivity index (χ0n) is 11.2. The Morgan fingerprint density at radius 1 is 1.32 bits per heavy atom. The molecule has 0 bridgehead atoms. The number of hydrogen-bond acceptors (Lipinski definition) is 3. The van der Waals surface area contributed by atoms with Gasteiger partial charge in [-0.1, -0.05) is 18.2 Å². The minimum atomic E-state index is 0.743. The van der Waals surface area contributed by atoms with E-state index >= 15 is 0 Å². The van der Waals surface area contributed by atoms with Crippen molar-refractivity contribution in [1.82, 2.24) is 15.1 Å². The van der Waals surface area contributed by atoms with Crippen molar-refractivity contribution in [2.24, 2.45) is 0 Å². The van der Waals surface area contributed by atoms with Crippen LogP contribution in [0.3, 0.4) is 0 Å². The van der Waals surface area contributed by atoms with Crippen molar-refractivity contribution < 1.29 is 4.42 Å². The van der Waals surface area contributed by atoms with Gasteiger partial charge >= 0.3 is 0 Å². The molecule has 0 atom stereocenters. The fraction of sp³-hybridized carbons (Fsp3) is 0.267. The summed E-state index contributed by atoms with van der Waals surface area (Å²) in [7, 11) is 1.92. The maximum absolute atomic E-state index is 5.71. The van der Waals surface area contributed by atoms with E-state index in [1.54, 1.807) is 0 Å². The highest BCUT2D eigenvalue weighted by Gasteiger charge is 2.09. The van der Waals surface area contributed by atoms with Crippen LogP contribution < -0.4 is 5.32 Å². The van der Waals surface area contributed by atoms with Gasteiger partial charge in [-0.05, 0) is 26.1 Å². The van der Waals surface area contributed by atoms with Gasteiger partial charge in [0.25, 0.3) is 0 Å². The molecule has 3 rings (SSSR count). The van der Waals surface area contributed by atoms with Gasteiger partial charge in [-0.25, -0.2) is 0 Å². The van der Waals surface area contributed by atoms with Crippen molar-refractivity contribution in [2.75, 3.05) is 7.05 Å². The van der Waals surface area contributed by atoms with E-state index in [1.807, 2.05) is 37.0 Å². The van der Waals surface area contributed by atoms with Gasteiger partial charge in [-0.15, -0.1) is 0 Å². The lowest BCUT2D eigenvalue weighted by Gasteiger charge is -2.02. The predicted molar refractivity (Wildman–Crippen MR) is 75.0 cm³/mol. The summed E-state index contributed by atoms with van der Waals surface area (Å²) < 4.78 is 7.72. The molecular formula is C15H17N3O. The largest absolute Gasteiger partial charge is 0.465 e. The van der Waals surface area contributed by atoms with Crippen LogP contribution in [0.4, 0.5) is 0 Å². The molecule has 1 N–H and O–H groups in total. The Bertz CT molecular complexity index is 696. The number of nitrogens with one attached hydrogen (secondary N) is 1. The number of aryl methyl sites for hydroxylation is 1. The lowest BCUT2D eigenvalue weighted by Crippen LogP contribution is -2.04. The highest BCUT2D eigenvalue weighted by Crippen LogP contribution is 2.19. The van der Waals surface area contributed by atoms with E-state index in [4.69, 9.17) is 4.42 Å². The number of rotatable bonds is 4. The molecule has 0 aliphatic carbocycles. The van der Waals surface area contributed by atoms with Gasteiger partial charge in [-0.2, -0.15) is 5.10 Å². The van der Waals surface area contributed by atoms with Crippen LogP contribution in [0.2, 0.25) is 0 Å². The molecule has 0 radical (unpaired) electrons. The van der Waals surface area contributed by atoms with Crippen molar-refractivity contribution in [3.05, 3.63) is 53.6 Å². The Morgan fingerprint density at radius 3 is 3.00 bits per heavy atom. The molecule has 0 aliphatic heterocycles. The first kappa shape index (κ1) is 12.0. The van der Waals surface area contributed by atoms with Crippen molar-refractivity contribution >= 4 is 10.9 Å². The summed E-state index contributed by atoms with van der Waals surface area (Å²) in [5, 5.41) is 8.71. The molecule has 1 aromatic carbocycles. The summed E-state index contributed by atoms with van der Waals surface area (Å²) >= 11 is 0. The van der Waals surface area contributed by atoms with Gasteiger partial charge in [0.2, 0.25) is 0 Å². The van der Waals surface area contributed by atoms with E-state index in [-0.39, 0.29) is 0 Å². The van der Waals surface area contributed by atoms with E-state index in [0.29, 0.717) is 0 Å². The van der Waals surface area contributed by atoms with Crippen LogP contribution in [-0.4, -0.2) is 16.8 Å². The summed E-state index contributed by atoms with van der Waals surface area (Å²) in [6.45, 7) is 3.49. The smallest absolute Gasteiger partial charge is 0.118 e.